The molecular formula is C39H49ClF6N6O6. The molecule has 6 rings (SSSR count). The maximum atomic E-state index is 14.8. The number of carbonyl (C=O) groups excluding carboxylic acids is 2. The van der Waals surface area contributed by atoms with Gasteiger partial charge in [-0.25, -0.2) is 14.4 Å². The highest BCUT2D eigenvalue weighted by Crippen LogP contribution is 2.35. The number of halogens is 7. The summed E-state index contributed by atoms with van der Waals surface area (Å²) in [6, 6.07) is 13.6. The van der Waals surface area contributed by atoms with E-state index in [0.717, 1.165) is 53.5 Å². The van der Waals surface area contributed by atoms with Crippen molar-refractivity contribution >= 4 is 52.1 Å². The molecule has 4 heterocycles. The molecule has 2 saturated heterocycles. The quantitative estimate of drug-likeness (QED) is 0.186. The van der Waals surface area contributed by atoms with Gasteiger partial charge in [-0.05, 0) is 101 Å². The molecule has 3 aromatic rings. The number of likely N-dealkylation sites (tertiary alicyclic amines) is 2. The van der Waals surface area contributed by atoms with Gasteiger partial charge in [0, 0.05) is 65.9 Å². The second-order valence-electron chi connectivity index (χ2n) is 15.0. The zero-order valence-corrected chi connectivity index (χ0v) is 33.1. The second-order valence-corrected chi connectivity index (χ2v) is 15.4. The van der Waals surface area contributed by atoms with Gasteiger partial charge in [-0.2, -0.15) is 26.3 Å². The number of aromatic nitrogens is 1. The number of aliphatic carboxylic acids is 2. The summed E-state index contributed by atoms with van der Waals surface area (Å²) >= 11 is 6.43. The van der Waals surface area contributed by atoms with Crippen LogP contribution in [-0.2, 0) is 20.8 Å². The van der Waals surface area contributed by atoms with E-state index in [1.165, 1.54) is 32.4 Å². The number of H-pyrrole nitrogens is 1. The number of anilines is 1. The first-order chi connectivity index (χ1) is 27.2. The summed E-state index contributed by atoms with van der Waals surface area (Å²) < 4.78 is 63.5. The number of aromatic amines is 1. The van der Waals surface area contributed by atoms with Crippen LogP contribution in [0.25, 0.3) is 10.9 Å². The molecule has 3 atom stereocenters. The number of urea groups is 1. The zero-order chi connectivity index (χ0) is 42.9. The van der Waals surface area contributed by atoms with Crippen LogP contribution in [-0.4, -0.2) is 132 Å². The van der Waals surface area contributed by atoms with Gasteiger partial charge in [0.25, 0.3) is 0 Å². The van der Waals surface area contributed by atoms with E-state index in [2.05, 4.69) is 47.2 Å². The number of nitrogens with one attached hydrogen (secondary N) is 2. The number of benzene rings is 2. The average Bonchev–Trinajstić information content (AvgIpc) is 3.60. The lowest BCUT2D eigenvalue weighted by atomic mass is 9.88. The number of amides is 3. The Morgan fingerprint density at radius 3 is 2.07 bits per heavy atom. The first-order valence-corrected chi connectivity index (χ1v) is 19.2. The van der Waals surface area contributed by atoms with E-state index in [1.807, 2.05) is 52.4 Å². The monoisotopic (exact) mass is 846 g/mol. The number of carbonyl (C=O) groups is 4. The molecule has 0 saturated carbocycles. The fraction of sp³-hybridized carbons (Fsp3) is 0.538. The van der Waals surface area contributed by atoms with Gasteiger partial charge in [-0.3, -0.25) is 4.79 Å². The molecule has 2 fully saturated rings. The molecular weight excluding hydrogens is 798 g/mol. The Kier molecular flexibility index (Phi) is 15.9. The number of hydrogen-bond donors (Lipinski definition) is 4. The SMILES string of the molecule is CC(c1c[nH]c2ccccc12)C(NC(=O)N1CCC(N2CCCCC2)CC1)C(=O)N1C[C@@H](CN(C)C)Cc2cc(Cl)ccc21.O=C(O)C(F)(F)F.O=C(O)C(F)(F)F. The Morgan fingerprint density at radius 2 is 1.50 bits per heavy atom. The Balaban J connectivity index is 0.000000456. The van der Waals surface area contributed by atoms with Crippen molar-refractivity contribution in [3.8, 4) is 0 Å². The number of rotatable bonds is 7. The van der Waals surface area contributed by atoms with Crippen LogP contribution in [0.15, 0.2) is 48.7 Å². The molecule has 0 spiro atoms. The van der Waals surface area contributed by atoms with E-state index in [-0.39, 0.29) is 23.8 Å². The molecule has 3 amide bonds. The molecule has 320 valence electrons. The van der Waals surface area contributed by atoms with Crippen LogP contribution in [0.2, 0.25) is 5.02 Å². The van der Waals surface area contributed by atoms with Crippen LogP contribution >= 0.6 is 11.6 Å². The maximum absolute atomic E-state index is 14.8. The Labute approximate surface area is 337 Å². The molecule has 4 N–H and O–H groups in total. The van der Waals surface area contributed by atoms with Crippen LogP contribution in [0.4, 0.5) is 36.8 Å². The largest absolute Gasteiger partial charge is 0.490 e. The zero-order valence-electron chi connectivity index (χ0n) is 32.4. The first-order valence-electron chi connectivity index (χ1n) is 18.9. The first kappa shape index (κ1) is 46.1. The lowest BCUT2D eigenvalue weighted by Gasteiger charge is -2.41. The number of alkyl halides is 6. The smallest absolute Gasteiger partial charge is 0.475 e. The predicted octanol–water partition coefficient (Wildman–Crippen LogP) is 6.99. The van der Waals surface area contributed by atoms with Gasteiger partial charge in [-0.15, -0.1) is 0 Å². The van der Waals surface area contributed by atoms with Crippen LogP contribution in [0, 0.1) is 5.92 Å². The molecule has 3 aliphatic heterocycles. The van der Waals surface area contributed by atoms with Crippen molar-refractivity contribution in [2.45, 2.75) is 75.8 Å². The molecule has 0 aliphatic carbocycles. The van der Waals surface area contributed by atoms with Crippen molar-refractivity contribution < 1.29 is 55.7 Å². The fourth-order valence-corrected chi connectivity index (χ4v) is 7.92. The topological polar surface area (TPSA) is 150 Å². The molecule has 19 heteroatoms. The van der Waals surface area contributed by atoms with Crippen molar-refractivity contribution in [3.05, 3.63) is 64.8 Å². The molecule has 58 heavy (non-hydrogen) atoms. The highest BCUT2D eigenvalue weighted by atomic mass is 35.5. The summed E-state index contributed by atoms with van der Waals surface area (Å²) in [4.78, 5) is 58.4. The highest BCUT2D eigenvalue weighted by molar-refractivity contribution is 6.30. The van der Waals surface area contributed by atoms with Crippen LogP contribution in [0.1, 0.15) is 56.1 Å². The lowest BCUT2D eigenvalue weighted by Crippen LogP contribution is -2.57. The molecule has 12 nitrogen and oxygen atoms in total. The van der Waals surface area contributed by atoms with Crippen molar-refractivity contribution in [2.75, 3.05) is 58.3 Å². The molecule has 0 bridgehead atoms. The number of nitrogens with zero attached hydrogens (tertiary/aromatic N) is 4. The van der Waals surface area contributed by atoms with Gasteiger partial charge in [-0.1, -0.05) is 43.1 Å². The van der Waals surface area contributed by atoms with E-state index >= 15 is 0 Å². The minimum absolute atomic E-state index is 0.0774. The van der Waals surface area contributed by atoms with Crippen molar-refractivity contribution in [1.82, 2.24) is 25.0 Å². The van der Waals surface area contributed by atoms with Gasteiger partial charge < -0.3 is 40.1 Å². The molecule has 0 radical (unpaired) electrons. The number of carboxylic acids is 2. The Bertz CT molecular complexity index is 1850. The maximum Gasteiger partial charge on any atom is 0.490 e. The average molecular weight is 847 g/mol. The van der Waals surface area contributed by atoms with Crippen molar-refractivity contribution in [1.29, 1.82) is 0 Å². The Hall–Kier alpha value is -4.55. The van der Waals surface area contributed by atoms with Crippen molar-refractivity contribution in [3.63, 3.8) is 0 Å². The minimum Gasteiger partial charge on any atom is -0.475 e. The standard InChI is InChI=1S/C35H47ClN6O2.2C2HF3O2/c1-24(30-21-37-31-10-6-5-9-29(30)31)33(38-35(44)41-17-13-28(14-18-41)40-15-7-4-8-16-40)34(43)42-23-25(22-39(2)3)19-26-20-27(36)11-12-32(26)42;2*3-2(4,5)1(6)7/h5-6,9-12,20-21,24-25,28,33,37H,4,7-8,13-19,22-23H2,1-3H3,(H,38,44);2*(H,6,7)/t24?,25-,33?;;/m1../s1. The number of hydrogen-bond acceptors (Lipinski definition) is 6. The van der Waals surface area contributed by atoms with E-state index in [1.54, 1.807) is 0 Å². The van der Waals surface area contributed by atoms with Gasteiger partial charge in [0.1, 0.15) is 6.04 Å². The fourth-order valence-electron chi connectivity index (χ4n) is 7.72. The summed E-state index contributed by atoms with van der Waals surface area (Å²) in [5.41, 5.74) is 4.02. The summed E-state index contributed by atoms with van der Waals surface area (Å²) in [5, 5.41) is 19.3. The summed E-state index contributed by atoms with van der Waals surface area (Å²) in [6.07, 6.45) is -1.47. The molecule has 2 aromatic carbocycles. The van der Waals surface area contributed by atoms with Gasteiger partial charge in [0.2, 0.25) is 5.91 Å². The van der Waals surface area contributed by atoms with E-state index in [0.29, 0.717) is 30.7 Å². The van der Waals surface area contributed by atoms with Crippen LogP contribution in [0.5, 0.6) is 0 Å². The number of para-hydroxylation sites is 1. The Morgan fingerprint density at radius 1 is 0.914 bits per heavy atom. The molecule has 3 aliphatic rings. The normalized spacial score (nSPS) is 18.9. The van der Waals surface area contributed by atoms with Gasteiger partial charge in [0.05, 0.1) is 0 Å². The lowest BCUT2D eigenvalue weighted by molar-refractivity contribution is -0.193. The summed E-state index contributed by atoms with van der Waals surface area (Å²) in [7, 11) is 4.13. The molecule has 1 aromatic heterocycles. The third-order valence-electron chi connectivity index (χ3n) is 10.5. The number of piperidine rings is 2. The van der Waals surface area contributed by atoms with E-state index in [4.69, 9.17) is 31.4 Å². The van der Waals surface area contributed by atoms with Crippen LogP contribution in [0.3, 0.4) is 0 Å². The minimum atomic E-state index is -5.08. The third-order valence-corrected chi connectivity index (χ3v) is 10.7. The van der Waals surface area contributed by atoms with E-state index in [9.17, 15) is 35.9 Å². The third kappa shape index (κ3) is 12.5. The molecule has 2 unspecified atom stereocenters. The van der Waals surface area contributed by atoms with Gasteiger partial charge in [0.15, 0.2) is 0 Å². The second kappa shape index (κ2) is 19.9. The van der Waals surface area contributed by atoms with Crippen molar-refractivity contribution in [2.24, 2.45) is 5.92 Å². The number of fused-ring (bicyclic) bond motifs is 2. The highest BCUT2D eigenvalue weighted by Gasteiger charge is 2.40. The van der Waals surface area contributed by atoms with E-state index < -0.39 is 30.3 Å². The summed E-state index contributed by atoms with van der Waals surface area (Å²) in [6.45, 7) is 7.29. The predicted molar refractivity (Wildman–Crippen MR) is 206 cm³/mol. The van der Waals surface area contributed by atoms with Crippen LogP contribution < -0.4 is 10.2 Å². The number of carboxylic acid groups (broad SMARTS) is 2. The van der Waals surface area contributed by atoms with Gasteiger partial charge >= 0.3 is 30.3 Å². The summed E-state index contributed by atoms with van der Waals surface area (Å²) in [5.74, 6) is -5.58.